The van der Waals surface area contributed by atoms with Gasteiger partial charge < -0.3 is 16.2 Å². The zero-order valence-electron chi connectivity index (χ0n) is 13.4. The van der Waals surface area contributed by atoms with Crippen molar-refractivity contribution in [1.82, 2.24) is 5.32 Å². The smallest absolute Gasteiger partial charge is 0.118 e. The zero-order valence-corrected chi connectivity index (χ0v) is 13.4. The molecule has 0 bridgehead atoms. The van der Waals surface area contributed by atoms with Gasteiger partial charge in [-0.05, 0) is 72.5 Å². The first kappa shape index (κ1) is 15.0. The first-order chi connectivity index (χ1) is 10.9. The molecule has 1 aliphatic rings. The van der Waals surface area contributed by atoms with E-state index < -0.39 is 0 Å². The number of phenolic OH excluding ortho intramolecular Hbond substituents is 1. The van der Waals surface area contributed by atoms with Crippen LogP contribution in [-0.2, 0) is 0 Å². The fraction of sp³-hybridized carbons (Fsp3) is 0.100. The quantitative estimate of drug-likeness (QED) is 0.731. The highest BCUT2D eigenvalue weighted by atomic mass is 16.3. The second-order valence-electron chi connectivity index (χ2n) is 5.88. The van der Waals surface area contributed by atoms with Crippen LogP contribution in [0.25, 0.3) is 11.3 Å². The molecule has 2 aromatic carbocycles. The second-order valence-corrected chi connectivity index (χ2v) is 5.88. The van der Waals surface area contributed by atoms with Crippen LogP contribution in [0.1, 0.15) is 22.3 Å². The lowest BCUT2D eigenvalue weighted by Gasteiger charge is -2.20. The van der Waals surface area contributed by atoms with Crippen molar-refractivity contribution in [3.05, 3.63) is 83.1 Å². The number of dihydropyridines is 1. The molecule has 3 nitrogen and oxygen atoms in total. The Labute approximate surface area is 136 Å². The normalized spacial score (nSPS) is 14.1. The average molecular weight is 304 g/mol. The summed E-state index contributed by atoms with van der Waals surface area (Å²) in [4.78, 5) is 0. The number of nitrogens with one attached hydrogen (secondary N) is 1. The van der Waals surface area contributed by atoms with Crippen LogP contribution in [0.4, 0.5) is 5.69 Å². The van der Waals surface area contributed by atoms with Crippen LogP contribution in [0, 0.1) is 13.8 Å². The highest BCUT2D eigenvalue weighted by Crippen LogP contribution is 2.30. The molecule has 4 N–H and O–H groups in total. The molecule has 0 aliphatic carbocycles. The van der Waals surface area contributed by atoms with E-state index in [-0.39, 0.29) is 0 Å². The molecular formula is C20H20N2O. The summed E-state index contributed by atoms with van der Waals surface area (Å²) in [7, 11) is 0. The standard InChI is InChI=1S/C20H20N2O/c1-12-9-17(21)5-6-18(12)19-11-16(10-14(3)22-19)15-4-7-20(23)13(2)8-15/h4-11,22-23H,3,21H2,1-2H3. The van der Waals surface area contributed by atoms with Gasteiger partial charge in [0.05, 0.1) is 0 Å². The molecule has 0 saturated heterocycles. The molecule has 1 aliphatic heterocycles. The number of benzene rings is 2. The van der Waals surface area contributed by atoms with Gasteiger partial charge in [-0.25, -0.2) is 0 Å². The summed E-state index contributed by atoms with van der Waals surface area (Å²) in [6, 6.07) is 11.5. The monoisotopic (exact) mass is 304 g/mol. The number of aromatic hydroxyl groups is 1. The van der Waals surface area contributed by atoms with E-state index in [2.05, 4.69) is 18.0 Å². The fourth-order valence-corrected chi connectivity index (χ4v) is 2.77. The zero-order chi connectivity index (χ0) is 16.6. The van der Waals surface area contributed by atoms with Crippen LogP contribution in [0.15, 0.2) is 60.8 Å². The van der Waals surface area contributed by atoms with E-state index in [1.165, 1.54) is 0 Å². The highest BCUT2D eigenvalue weighted by Gasteiger charge is 2.13. The lowest BCUT2D eigenvalue weighted by molar-refractivity contribution is 0.471. The van der Waals surface area contributed by atoms with Gasteiger partial charge in [-0.3, -0.25) is 0 Å². The highest BCUT2D eigenvalue weighted by molar-refractivity contribution is 5.88. The van der Waals surface area contributed by atoms with Crippen molar-refractivity contribution in [2.75, 3.05) is 5.73 Å². The fourth-order valence-electron chi connectivity index (χ4n) is 2.77. The Kier molecular flexibility index (Phi) is 3.70. The Hall–Kier alpha value is -2.94. The third-order valence-electron chi connectivity index (χ3n) is 4.00. The van der Waals surface area contributed by atoms with Gasteiger partial charge in [0.25, 0.3) is 0 Å². The Morgan fingerprint density at radius 1 is 1.00 bits per heavy atom. The van der Waals surface area contributed by atoms with Crippen LogP contribution in [0.5, 0.6) is 5.75 Å². The van der Waals surface area contributed by atoms with Crippen LogP contribution >= 0.6 is 0 Å². The van der Waals surface area contributed by atoms with Crippen molar-refractivity contribution in [3.63, 3.8) is 0 Å². The van der Waals surface area contributed by atoms with Crippen LogP contribution in [0.2, 0.25) is 0 Å². The number of hydrogen-bond donors (Lipinski definition) is 3. The lowest BCUT2D eigenvalue weighted by Crippen LogP contribution is -2.14. The lowest BCUT2D eigenvalue weighted by atomic mass is 9.95. The predicted molar refractivity (Wildman–Crippen MR) is 96.7 cm³/mol. The van der Waals surface area contributed by atoms with E-state index in [0.29, 0.717) is 5.75 Å². The summed E-state index contributed by atoms with van der Waals surface area (Å²) >= 11 is 0. The van der Waals surface area contributed by atoms with E-state index in [4.69, 9.17) is 5.73 Å². The van der Waals surface area contributed by atoms with Crippen LogP contribution < -0.4 is 11.1 Å². The minimum absolute atomic E-state index is 0.306. The molecule has 0 radical (unpaired) electrons. The molecule has 0 amide bonds. The second kappa shape index (κ2) is 5.69. The van der Waals surface area contributed by atoms with Gasteiger partial charge in [0, 0.05) is 22.6 Å². The number of rotatable bonds is 2. The Morgan fingerprint density at radius 2 is 1.78 bits per heavy atom. The summed E-state index contributed by atoms with van der Waals surface area (Å²) in [5.74, 6) is 0.306. The van der Waals surface area contributed by atoms with E-state index in [1.54, 1.807) is 6.07 Å². The number of nitrogens with two attached hydrogens (primary N) is 1. The van der Waals surface area contributed by atoms with Gasteiger partial charge in [-0.2, -0.15) is 0 Å². The number of aryl methyl sites for hydroxylation is 2. The van der Waals surface area contributed by atoms with Gasteiger partial charge in [0.2, 0.25) is 0 Å². The molecule has 3 heteroatoms. The van der Waals surface area contributed by atoms with Crippen LogP contribution in [0.3, 0.4) is 0 Å². The maximum absolute atomic E-state index is 9.71. The average Bonchev–Trinajstić information content (AvgIpc) is 2.49. The minimum atomic E-state index is 0.306. The van der Waals surface area contributed by atoms with Gasteiger partial charge in [-0.15, -0.1) is 0 Å². The van der Waals surface area contributed by atoms with E-state index in [0.717, 1.165) is 44.9 Å². The molecule has 0 aromatic heterocycles. The van der Waals surface area contributed by atoms with E-state index in [9.17, 15) is 5.11 Å². The number of phenols is 1. The molecule has 3 rings (SSSR count). The summed E-state index contributed by atoms with van der Waals surface area (Å²) in [5.41, 5.74) is 13.6. The number of nitrogen functional groups attached to an aromatic ring is 1. The van der Waals surface area contributed by atoms with E-state index in [1.807, 2.05) is 50.3 Å². The third-order valence-corrected chi connectivity index (χ3v) is 4.00. The predicted octanol–water partition coefficient (Wildman–Crippen LogP) is 4.13. The van der Waals surface area contributed by atoms with Gasteiger partial charge in [0.1, 0.15) is 5.75 Å². The third kappa shape index (κ3) is 2.99. The van der Waals surface area contributed by atoms with Gasteiger partial charge in [0.15, 0.2) is 0 Å². The Bertz CT molecular complexity index is 860. The number of allylic oxidation sites excluding steroid dienone is 3. The SMILES string of the molecule is C=C1C=C(c2ccc(O)c(C)c2)C=C(c2ccc(N)cc2C)N1. The van der Waals surface area contributed by atoms with Crippen molar-refractivity contribution < 1.29 is 5.11 Å². The molecule has 0 fully saturated rings. The maximum Gasteiger partial charge on any atom is 0.118 e. The van der Waals surface area contributed by atoms with Crippen molar-refractivity contribution in [1.29, 1.82) is 0 Å². The largest absolute Gasteiger partial charge is 0.508 e. The summed E-state index contributed by atoms with van der Waals surface area (Å²) in [6.45, 7) is 7.98. The first-order valence-corrected chi connectivity index (χ1v) is 7.50. The van der Waals surface area contributed by atoms with Crippen molar-refractivity contribution in [3.8, 4) is 5.75 Å². The van der Waals surface area contributed by atoms with E-state index >= 15 is 0 Å². The molecule has 0 saturated carbocycles. The van der Waals surface area contributed by atoms with Gasteiger partial charge in [-0.1, -0.05) is 18.7 Å². The summed E-state index contributed by atoms with van der Waals surface area (Å²) < 4.78 is 0. The number of hydrogen-bond acceptors (Lipinski definition) is 3. The molecule has 116 valence electrons. The Morgan fingerprint density at radius 3 is 2.48 bits per heavy atom. The van der Waals surface area contributed by atoms with Gasteiger partial charge >= 0.3 is 0 Å². The molecule has 0 atom stereocenters. The van der Waals surface area contributed by atoms with Crippen LogP contribution in [-0.4, -0.2) is 5.11 Å². The Balaban J connectivity index is 2.06. The topological polar surface area (TPSA) is 58.3 Å². The molecular weight excluding hydrogens is 284 g/mol. The van der Waals surface area contributed by atoms with Crippen molar-refractivity contribution >= 4 is 17.0 Å². The summed E-state index contributed by atoms with van der Waals surface area (Å²) in [6.07, 6.45) is 4.10. The molecule has 23 heavy (non-hydrogen) atoms. The molecule has 1 heterocycles. The maximum atomic E-state index is 9.71. The molecule has 0 unspecified atom stereocenters. The number of anilines is 1. The molecule has 2 aromatic rings. The van der Waals surface area contributed by atoms with Crippen molar-refractivity contribution in [2.24, 2.45) is 0 Å². The van der Waals surface area contributed by atoms with Crippen molar-refractivity contribution in [2.45, 2.75) is 13.8 Å². The minimum Gasteiger partial charge on any atom is -0.508 e. The molecule has 0 spiro atoms. The first-order valence-electron chi connectivity index (χ1n) is 7.50. The summed E-state index contributed by atoms with van der Waals surface area (Å²) in [5, 5.41) is 13.0.